The van der Waals surface area contributed by atoms with Crippen molar-refractivity contribution in [2.24, 2.45) is 4.99 Å². The zero-order valence-corrected chi connectivity index (χ0v) is 17.6. The molecule has 0 N–H and O–H groups in total. The van der Waals surface area contributed by atoms with Gasteiger partial charge in [-0.3, -0.25) is 9.98 Å². The first-order valence-electron chi connectivity index (χ1n) is 10.7. The molecule has 2 aromatic rings. The number of amidine groups is 1. The summed E-state index contributed by atoms with van der Waals surface area (Å²) in [5.74, 6) is 0.899. The van der Waals surface area contributed by atoms with Crippen LogP contribution in [0.15, 0.2) is 47.6 Å². The van der Waals surface area contributed by atoms with Gasteiger partial charge in [-0.25, -0.2) is 4.39 Å². The fourth-order valence-electron chi connectivity index (χ4n) is 4.79. The standard InChI is InChI=1S/C23H27FN4S/c1-2-16-15-29-23-26-21(20-8-4-5-11-25-20)22(28(16)23)18-10-9-17(14-19(18)24)27-12-6-3-7-13-27/h4-5,8-11,14,16,21-22H,2-3,6-7,12-13,15H2,1H3. The molecule has 152 valence electrons. The molecule has 3 atom stereocenters. The van der Waals surface area contributed by atoms with E-state index in [4.69, 9.17) is 4.99 Å². The summed E-state index contributed by atoms with van der Waals surface area (Å²) in [6.07, 6.45) is 6.49. The summed E-state index contributed by atoms with van der Waals surface area (Å²) in [6, 6.07) is 11.8. The summed E-state index contributed by atoms with van der Waals surface area (Å²) in [7, 11) is 0. The van der Waals surface area contributed by atoms with Gasteiger partial charge in [0.25, 0.3) is 0 Å². The molecule has 2 fully saturated rings. The number of piperidine rings is 1. The van der Waals surface area contributed by atoms with Crippen LogP contribution < -0.4 is 4.90 Å². The predicted molar refractivity (Wildman–Crippen MR) is 118 cm³/mol. The van der Waals surface area contributed by atoms with Crippen LogP contribution in [0.5, 0.6) is 0 Å². The molecule has 3 aliphatic heterocycles. The molecule has 1 aromatic heterocycles. The highest BCUT2D eigenvalue weighted by Gasteiger charge is 2.46. The third-order valence-corrected chi connectivity index (χ3v) is 7.48. The topological polar surface area (TPSA) is 31.7 Å². The fraction of sp³-hybridized carbons (Fsp3) is 0.478. The number of aromatic nitrogens is 1. The van der Waals surface area contributed by atoms with Gasteiger partial charge in [-0.1, -0.05) is 30.8 Å². The second kappa shape index (κ2) is 7.98. The van der Waals surface area contributed by atoms with Crippen molar-refractivity contribution in [2.45, 2.75) is 50.7 Å². The second-order valence-corrected chi connectivity index (χ2v) is 9.08. The molecule has 6 heteroatoms. The molecule has 5 rings (SSSR count). The number of hydrogen-bond acceptors (Lipinski definition) is 5. The van der Waals surface area contributed by atoms with Crippen LogP contribution in [0.4, 0.5) is 10.1 Å². The molecule has 2 saturated heterocycles. The molecular weight excluding hydrogens is 383 g/mol. The third kappa shape index (κ3) is 3.41. The molecule has 0 aliphatic carbocycles. The molecule has 29 heavy (non-hydrogen) atoms. The van der Waals surface area contributed by atoms with Crippen molar-refractivity contribution in [3.05, 3.63) is 59.7 Å². The number of benzene rings is 1. The van der Waals surface area contributed by atoms with E-state index in [1.165, 1.54) is 19.3 Å². The Bertz CT molecular complexity index is 897. The minimum atomic E-state index is -0.164. The molecule has 1 aromatic carbocycles. The first kappa shape index (κ1) is 18.9. The van der Waals surface area contributed by atoms with Gasteiger partial charge in [0.1, 0.15) is 11.9 Å². The zero-order valence-electron chi connectivity index (χ0n) is 16.8. The van der Waals surface area contributed by atoms with Gasteiger partial charge in [0.15, 0.2) is 5.17 Å². The second-order valence-electron chi connectivity index (χ2n) is 8.09. The van der Waals surface area contributed by atoms with Crippen LogP contribution in [-0.2, 0) is 0 Å². The van der Waals surface area contributed by atoms with E-state index in [2.05, 4.69) is 27.8 Å². The Labute approximate surface area is 176 Å². The zero-order chi connectivity index (χ0) is 19.8. The summed E-state index contributed by atoms with van der Waals surface area (Å²) < 4.78 is 15.5. The minimum Gasteiger partial charge on any atom is -0.371 e. The summed E-state index contributed by atoms with van der Waals surface area (Å²) in [4.78, 5) is 14.2. The largest absolute Gasteiger partial charge is 0.371 e. The lowest BCUT2D eigenvalue weighted by atomic mass is 9.94. The van der Waals surface area contributed by atoms with Crippen molar-refractivity contribution < 1.29 is 4.39 Å². The maximum Gasteiger partial charge on any atom is 0.160 e. The first-order chi connectivity index (χ1) is 14.3. The van der Waals surface area contributed by atoms with Crippen molar-refractivity contribution in [1.29, 1.82) is 0 Å². The molecule has 0 saturated carbocycles. The van der Waals surface area contributed by atoms with E-state index in [9.17, 15) is 0 Å². The van der Waals surface area contributed by atoms with E-state index in [1.807, 2.05) is 24.3 Å². The van der Waals surface area contributed by atoms with Crippen molar-refractivity contribution in [3.63, 3.8) is 0 Å². The number of halogens is 1. The Hall–Kier alpha value is -2.08. The molecule has 0 radical (unpaired) electrons. The summed E-state index contributed by atoms with van der Waals surface area (Å²) in [5, 5.41) is 1.04. The monoisotopic (exact) mass is 410 g/mol. The number of fused-ring (bicyclic) bond motifs is 1. The van der Waals surface area contributed by atoms with Crippen LogP contribution in [0.1, 0.15) is 55.9 Å². The average molecular weight is 411 g/mol. The molecule has 4 heterocycles. The van der Waals surface area contributed by atoms with Crippen molar-refractivity contribution in [2.75, 3.05) is 23.7 Å². The normalized spacial score (nSPS) is 26.6. The number of pyridine rings is 1. The van der Waals surface area contributed by atoms with Crippen molar-refractivity contribution >= 4 is 22.6 Å². The van der Waals surface area contributed by atoms with Crippen LogP contribution in [0.25, 0.3) is 0 Å². The molecular formula is C23H27FN4S. The van der Waals surface area contributed by atoms with Crippen molar-refractivity contribution in [1.82, 2.24) is 9.88 Å². The van der Waals surface area contributed by atoms with Gasteiger partial charge in [-0.2, -0.15) is 0 Å². The molecule has 0 bridgehead atoms. The average Bonchev–Trinajstić information content (AvgIpc) is 3.34. The van der Waals surface area contributed by atoms with E-state index >= 15 is 4.39 Å². The fourth-order valence-corrected chi connectivity index (χ4v) is 6.13. The highest BCUT2D eigenvalue weighted by atomic mass is 32.2. The Morgan fingerprint density at radius 1 is 1.14 bits per heavy atom. The van der Waals surface area contributed by atoms with Gasteiger partial charge in [-0.05, 0) is 49.9 Å². The number of aliphatic imine (C=N–C) groups is 1. The SMILES string of the molecule is CCC1CSC2=NC(c3ccccn3)C(c3ccc(N4CCCCC4)cc3F)N21. The third-order valence-electron chi connectivity index (χ3n) is 6.35. The molecule has 4 nitrogen and oxygen atoms in total. The maximum absolute atomic E-state index is 15.5. The van der Waals surface area contributed by atoms with Gasteiger partial charge in [0.05, 0.1) is 11.7 Å². The summed E-state index contributed by atoms with van der Waals surface area (Å²) in [6.45, 7) is 4.24. The highest BCUT2D eigenvalue weighted by Crippen LogP contribution is 2.49. The quantitative estimate of drug-likeness (QED) is 0.694. The van der Waals surface area contributed by atoms with Crippen LogP contribution >= 0.6 is 11.8 Å². The number of thioether (sulfide) groups is 1. The van der Waals surface area contributed by atoms with Crippen molar-refractivity contribution in [3.8, 4) is 0 Å². The summed E-state index contributed by atoms with van der Waals surface area (Å²) >= 11 is 1.79. The van der Waals surface area contributed by atoms with Gasteiger partial charge in [-0.15, -0.1) is 0 Å². The first-order valence-corrected chi connectivity index (χ1v) is 11.7. The Morgan fingerprint density at radius 3 is 2.72 bits per heavy atom. The van der Waals surface area contributed by atoms with Crippen LogP contribution in [-0.4, -0.2) is 39.9 Å². The van der Waals surface area contributed by atoms with Gasteiger partial charge in [0, 0.05) is 42.3 Å². The van der Waals surface area contributed by atoms with Gasteiger partial charge < -0.3 is 9.80 Å². The van der Waals surface area contributed by atoms with E-state index in [1.54, 1.807) is 24.0 Å². The molecule has 0 spiro atoms. The highest BCUT2D eigenvalue weighted by molar-refractivity contribution is 8.14. The number of nitrogens with zero attached hydrogens (tertiary/aromatic N) is 4. The number of anilines is 1. The Morgan fingerprint density at radius 2 is 2.00 bits per heavy atom. The van der Waals surface area contributed by atoms with E-state index < -0.39 is 0 Å². The molecule has 0 amide bonds. The maximum atomic E-state index is 15.5. The molecule has 3 aliphatic rings. The van der Waals surface area contributed by atoms with Crippen LogP contribution in [0.3, 0.4) is 0 Å². The van der Waals surface area contributed by atoms with Gasteiger partial charge in [0.2, 0.25) is 0 Å². The molecule has 3 unspecified atom stereocenters. The van der Waals surface area contributed by atoms with E-state index in [-0.39, 0.29) is 17.9 Å². The Balaban J connectivity index is 1.52. The number of hydrogen-bond donors (Lipinski definition) is 0. The van der Waals surface area contributed by atoms with Gasteiger partial charge >= 0.3 is 0 Å². The van der Waals surface area contributed by atoms with Crippen LogP contribution in [0, 0.1) is 5.82 Å². The lowest BCUT2D eigenvalue weighted by molar-refractivity contribution is 0.250. The van der Waals surface area contributed by atoms with E-state index in [0.717, 1.165) is 47.4 Å². The number of rotatable bonds is 4. The smallest absolute Gasteiger partial charge is 0.160 e. The Kier molecular flexibility index (Phi) is 5.20. The van der Waals surface area contributed by atoms with Crippen LogP contribution in [0.2, 0.25) is 0 Å². The van der Waals surface area contributed by atoms with E-state index in [0.29, 0.717) is 6.04 Å². The lowest BCUT2D eigenvalue weighted by Crippen LogP contribution is -2.36. The summed E-state index contributed by atoms with van der Waals surface area (Å²) in [5.41, 5.74) is 2.65. The predicted octanol–water partition coefficient (Wildman–Crippen LogP) is 5.19. The lowest BCUT2D eigenvalue weighted by Gasteiger charge is -2.33. The minimum absolute atomic E-state index is 0.123.